The Balaban J connectivity index is 1.92. The summed E-state index contributed by atoms with van der Waals surface area (Å²) in [6.07, 6.45) is 2.10. The molecule has 0 aliphatic heterocycles. The van der Waals surface area contributed by atoms with E-state index in [4.69, 9.17) is 18.9 Å². The molecule has 0 saturated heterocycles. The van der Waals surface area contributed by atoms with Gasteiger partial charge in [-0.15, -0.1) is 0 Å². The summed E-state index contributed by atoms with van der Waals surface area (Å²) in [5.74, 6) is -2.57. The van der Waals surface area contributed by atoms with Gasteiger partial charge in [0, 0.05) is 0 Å². The lowest BCUT2D eigenvalue weighted by Crippen LogP contribution is -2.23. The van der Waals surface area contributed by atoms with Crippen LogP contribution in [0, 0.1) is 0 Å². The summed E-state index contributed by atoms with van der Waals surface area (Å²) < 4.78 is 20.3. The van der Waals surface area contributed by atoms with Gasteiger partial charge in [0.2, 0.25) is 0 Å². The smallest absolute Gasteiger partial charge is 0.338 e. The fourth-order valence-electron chi connectivity index (χ4n) is 2.54. The van der Waals surface area contributed by atoms with Crippen LogP contribution in [0.25, 0.3) is 0 Å². The average Bonchev–Trinajstić information content (AvgIpc) is 2.84. The van der Waals surface area contributed by atoms with Crippen molar-refractivity contribution in [2.45, 2.75) is 13.0 Å². The molecule has 0 N–H and O–H groups in total. The molecule has 0 heterocycles. The van der Waals surface area contributed by atoms with E-state index in [1.807, 2.05) is 0 Å². The molecule has 0 saturated carbocycles. The van der Waals surface area contributed by atoms with Gasteiger partial charge in [-0.05, 0) is 43.3 Å². The number of hydrogen-bond acceptors (Lipinski definition) is 8. The second kappa shape index (κ2) is 12.6. The molecule has 0 aliphatic carbocycles. The van der Waals surface area contributed by atoms with Crippen molar-refractivity contribution in [3.63, 3.8) is 0 Å². The van der Waals surface area contributed by atoms with E-state index >= 15 is 0 Å². The molecule has 33 heavy (non-hydrogen) atoms. The fraction of sp³-hybridized carbons (Fsp3) is 0.200. The maximum absolute atomic E-state index is 12.4. The Kier molecular flexibility index (Phi) is 9.57. The minimum Gasteiger partial charge on any atom is -0.458 e. The van der Waals surface area contributed by atoms with Crippen LogP contribution in [0.3, 0.4) is 0 Å². The van der Waals surface area contributed by atoms with E-state index in [-0.39, 0.29) is 42.1 Å². The Bertz CT molecular complexity index is 1040. The van der Waals surface area contributed by atoms with E-state index in [0.717, 1.165) is 0 Å². The van der Waals surface area contributed by atoms with E-state index in [1.165, 1.54) is 60.7 Å². The molecule has 1 atom stereocenters. The lowest BCUT2D eigenvalue weighted by molar-refractivity contribution is 0.00445. The highest BCUT2D eigenvalue weighted by atomic mass is 16.6. The van der Waals surface area contributed by atoms with E-state index < -0.39 is 30.0 Å². The van der Waals surface area contributed by atoms with Crippen molar-refractivity contribution in [1.29, 1.82) is 0 Å². The fourth-order valence-corrected chi connectivity index (χ4v) is 2.54. The monoisotopic (exact) mass is 452 g/mol. The molecule has 2 rings (SSSR count). The van der Waals surface area contributed by atoms with Crippen molar-refractivity contribution in [1.82, 2.24) is 0 Å². The summed E-state index contributed by atoms with van der Waals surface area (Å²) in [4.78, 5) is 48.5. The van der Waals surface area contributed by atoms with Crippen molar-refractivity contribution in [2.24, 2.45) is 0 Å². The third-order valence-corrected chi connectivity index (χ3v) is 4.09. The molecule has 0 fully saturated rings. The molecule has 0 amide bonds. The first kappa shape index (κ1) is 25.1. The SMILES string of the molecule is C=CCOC(=O)c1cccc(C(=O)OCC(C)OC(=O)c2cccc(C(=O)OCC=C)c2)c1. The van der Waals surface area contributed by atoms with Crippen molar-refractivity contribution in [3.8, 4) is 0 Å². The number of carbonyl (C=O) groups excluding carboxylic acids is 4. The Hall–Kier alpha value is -4.20. The van der Waals surface area contributed by atoms with Gasteiger partial charge in [0.25, 0.3) is 0 Å². The summed E-state index contributed by atoms with van der Waals surface area (Å²) in [7, 11) is 0. The van der Waals surface area contributed by atoms with Gasteiger partial charge in [-0.2, -0.15) is 0 Å². The lowest BCUT2D eigenvalue weighted by Gasteiger charge is -2.14. The molecule has 8 nitrogen and oxygen atoms in total. The molecule has 8 heteroatoms. The van der Waals surface area contributed by atoms with Gasteiger partial charge in [-0.3, -0.25) is 0 Å². The minimum absolute atomic E-state index is 0.0504. The summed E-state index contributed by atoms with van der Waals surface area (Å²) in [5.41, 5.74) is 0.674. The van der Waals surface area contributed by atoms with Crippen LogP contribution >= 0.6 is 0 Å². The van der Waals surface area contributed by atoms with Gasteiger partial charge in [-0.1, -0.05) is 37.4 Å². The topological polar surface area (TPSA) is 105 Å². The number of rotatable bonds is 11. The highest BCUT2D eigenvalue weighted by Gasteiger charge is 2.18. The molecule has 0 radical (unpaired) electrons. The van der Waals surface area contributed by atoms with Crippen LogP contribution in [0.4, 0.5) is 0 Å². The largest absolute Gasteiger partial charge is 0.458 e. The molecule has 0 spiro atoms. The molecule has 0 aliphatic rings. The predicted molar refractivity (Wildman–Crippen MR) is 119 cm³/mol. The Morgan fingerprint density at radius 2 is 1.12 bits per heavy atom. The van der Waals surface area contributed by atoms with Crippen LogP contribution in [0.15, 0.2) is 73.8 Å². The Morgan fingerprint density at radius 3 is 1.55 bits per heavy atom. The van der Waals surface area contributed by atoms with Crippen LogP contribution < -0.4 is 0 Å². The van der Waals surface area contributed by atoms with Gasteiger partial charge in [0.05, 0.1) is 22.3 Å². The molecular weight excluding hydrogens is 428 g/mol. The van der Waals surface area contributed by atoms with Gasteiger partial charge in [0.15, 0.2) is 0 Å². The first-order chi connectivity index (χ1) is 15.8. The quantitative estimate of drug-likeness (QED) is 0.288. The first-order valence-corrected chi connectivity index (χ1v) is 10.00. The van der Waals surface area contributed by atoms with E-state index in [2.05, 4.69) is 13.2 Å². The molecular formula is C25H24O8. The van der Waals surface area contributed by atoms with Crippen molar-refractivity contribution in [2.75, 3.05) is 19.8 Å². The van der Waals surface area contributed by atoms with Crippen molar-refractivity contribution >= 4 is 23.9 Å². The maximum atomic E-state index is 12.4. The average molecular weight is 452 g/mol. The number of ether oxygens (including phenoxy) is 4. The highest BCUT2D eigenvalue weighted by molar-refractivity contribution is 5.96. The lowest BCUT2D eigenvalue weighted by atomic mass is 10.1. The zero-order chi connectivity index (χ0) is 24.2. The molecule has 2 aromatic carbocycles. The van der Waals surface area contributed by atoms with E-state index in [1.54, 1.807) is 6.92 Å². The summed E-state index contributed by atoms with van der Waals surface area (Å²) >= 11 is 0. The van der Waals surface area contributed by atoms with Crippen molar-refractivity contribution < 1.29 is 38.1 Å². The molecule has 2 aromatic rings. The number of carbonyl (C=O) groups is 4. The predicted octanol–water partition coefficient (Wildman–Crippen LogP) is 3.77. The molecule has 172 valence electrons. The third kappa shape index (κ3) is 7.77. The van der Waals surface area contributed by atoms with Gasteiger partial charge in [-0.25, -0.2) is 19.2 Å². The van der Waals surface area contributed by atoms with Gasteiger partial charge in [0.1, 0.15) is 25.9 Å². The third-order valence-electron chi connectivity index (χ3n) is 4.09. The van der Waals surface area contributed by atoms with Crippen LogP contribution in [0.2, 0.25) is 0 Å². The zero-order valence-electron chi connectivity index (χ0n) is 18.2. The van der Waals surface area contributed by atoms with E-state index in [9.17, 15) is 19.2 Å². The highest BCUT2D eigenvalue weighted by Crippen LogP contribution is 2.12. The summed E-state index contributed by atoms with van der Waals surface area (Å²) in [6, 6.07) is 11.7. The summed E-state index contributed by atoms with van der Waals surface area (Å²) in [6.45, 7) is 8.37. The molecule has 1 unspecified atom stereocenters. The van der Waals surface area contributed by atoms with Gasteiger partial charge < -0.3 is 18.9 Å². The number of esters is 4. The van der Waals surface area contributed by atoms with Crippen LogP contribution in [-0.4, -0.2) is 49.8 Å². The maximum Gasteiger partial charge on any atom is 0.338 e. The Morgan fingerprint density at radius 1 is 0.727 bits per heavy atom. The second-order valence-electron chi connectivity index (χ2n) is 6.75. The van der Waals surface area contributed by atoms with Crippen LogP contribution in [-0.2, 0) is 18.9 Å². The Labute approximate surface area is 191 Å². The number of hydrogen-bond donors (Lipinski definition) is 0. The zero-order valence-corrected chi connectivity index (χ0v) is 18.2. The minimum atomic E-state index is -0.765. The number of benzene rings is 2. The van der Waals surface area contributed by atoms with Crippen LogP contribution in [0.1, 0.15) is 48.4 Å². The molecule has 0 aromatic heterocycles. The summed E-state index contributed by atoms with van der Waals surface area (Å²) in [5, 5.41) is 0. The first-order valence-electron chi connectivity index (χ1n) is 10.00. The van der Waals surface area contributed by atoms with Crippen LogP contribution in [0.5, 0.6) is 0 Å². The standard InChI is InChI=1S/C25H24O8/c1-4-12-30-22(26)18-8-6-10-20(14-18)24(28)32-16-17(3)33-25(29)21-11-7-9-19(15-21)23(27)31-13-5-2/h4-11,14-15,17H,1-2,12-13,16H2,3H3. The van der Waals surface area contributed by atoms with Crippen molar-refractivity contribution in [3.05, 3.63) is 96.1 Å². The second-order valence-corrected chi connectivity index (χ2v) is 6.75. The molecule has 0 bridgehead atoms. The van der Waals surface area contributed by atoms with E-state index in [0.29, 0.717) is 0 Å². The normalized spacial score (nSPS) is 10.9. The van der Waals surface area contributed by atoms with Gasteiger partial charge >= 0.3 is 23.9 Å².